The normalized spacial score (nSPS) is 15.2. The lowest BCUT2D eigenvalue weighted by molar-refractivity contribution is 0.0624. The van der Waals surface area contributed by atoms with Crippen molar-refractivity contribution in [1.29, 1.82) is 0 Å². The molecule has 1 amide bonds. The number of amides is 1. The number of benzene rings is 2. The quantitative estimate of drug-likeness (QED) is 0.838. The molecule has 0 saturated carbocycles. The highest BCUT2D eigenvalue weighted by Crippen LogP contribution is 2.21. The van der Waals surface area contributed by atoms with Gasteiger partial charge in [-0.25, -0.2) is 0 Å². The number of nitrogens with zero attached hydrogens (tertiary/aromatic N) is 2. The molecule has 4 nitrogen and oxygen atoms in total. The molecule has 3 rings (SSSR count). The van der Waals surface area contributed by atoms with Crippen molar-refractivity contribution in [3.8, 4) is 5.75 Å². The lowest BCUT2D eigenvalue weighted by Gasteiger charge is -2.35. The summed E-state index contributed by atoms with van der Waals surface area (Å²) in [6.07, 6.45) is 0. The molecule has 0 unspecified atom stereocenters. The van der Waals surface area contributed by atoms with E-state index in [-0.39, 0.29) is 5.91 Å². The van der Waals surface area contributed by atoms with Gasteiger partial charge in [0.15, 0.2) is 0 Å². The van der Waals surface area contributed by atoms with Crippen molar-refractivity contribution in [1.82, 2.24) is 9.80 Å². The van der Waals surface area contributed by atoms with Crippen molar-refractivity contribution in [2.45, 2.75) is 20.4 Å². The van der Waals surface area contributed by atoms with Crippen LogP contribution >= 0.6 is 0 Å². The minimum absolute atomic E-state index is 0.0686. The van der Waals surface area contributed by atoms with Crippen molar-refractivity contribution in [2.24, 2.45) is 0 Å². The summed E-state index contributed by atoms with van der Waals surface area (Å²) in [5, 5.41) is 0. The fourth-order valence-electron chi connectivity index (χ4n) is 3.16. The molecular formula is C21H26N2O2. The molecule has 0 spiro atoms. The Kier molecular flexibility index (Phi) is 5.71. The zero-order chi connectivity index (χ0) is 17.6. The van der Waals surface area contributed by atoms with Crippen LogP contribution in [0.1, 0.15) is 28.4 Å². The average Bonchev–Trinajstić information content (AvgIpc) is 2.64. The Labute approximate surface area is 150 Å². The summed E-state index contributed by atoms with van der Waals surface area (Å²) < 4.78 is 5.60. The number of piperazine rings is 1. The minimum atomic E-state index is 0.0686. The zero-order valence-corrected chi connectivity index (χ0v) is 15.1. The van der Waals surface area contributed by atoms with Crippen LogP contribution in [0.2, 0.25) is 0 Å². The number of carbonyl (C=O) groups is 1. The molecule has 1 aliphatic rings. The Morgan fingerprint density at radius 3 is 2.36 bits per heavy atom. The molecule has 4 heteroatoms. The van der Waals surface area contributed by atoms with Gasteiger partial charge in [0, 0.05) is 32.7 Å². The third-order valence-corrected chi connectivity index (χ3v) is 4.60. The summed E-state index contributed by atoms with van der Waals surface area (Å²) >= 11 is 0. The first-order valence-corrected chi connectivity index (χ1v) is 8.96. The summed E-state index contributed by atoms with van der Waals surface area (Å²) in [5.74, 6) is 0.746. The molecule has 1 aliphatic heterocycles. The van der Waals surface area contributed by atoms with E-state index in [0.29, 0.717) is 17.9 Å². The standard InChI is InChI=1S/C21H26N2O2/c1-3-25-20-7-5-4-6-19(20)21(24)23-14-12-22(13-15-23)16-18-10-8-17(2)9-11-18/h4-11H,3,12-16H2,1-2H3. The molecule has 1 heterocycles. The van der Waals surface area contributed by atoms with E-state index < -0.39 is 0 Å². The van der Waals surface area contributed by atoms with E-state index in [0.717, 1.165) is 32.7 Å². The van der Waals surface area contributed by atoms with Crippen LogP contribution in [0.5, 0.6) is 5.75 Å². The van der Waals surface area contributed by atoms with Crippen LogP contribution in [-0.2, 0) is 6.54 Å². The number of para-hydroxylation sites is 1. The van der Waals surface area contributed by atoms with Gasteiger partial charge in [0.1, 0.15) is 5.75 Å². The summed E-state index contributed by atoms with van der Waals surface area (Å²) in [5.41, 5.74) is 3.27. The Balaban J connectivity index is 1.58. The first-order chi connectivity index (χ1) is 12.2. The van der Waals surface area contributed by atoms with Crippen molar-refractivity contribution in [3.05, 3.63) is 65.2 Å². The second-order valence-electron chi connectivity index (χ2n) is 6.48. The maximum Gasteiger partial charge on any atom is 0.257 e. The highest BCUT2D eigenvalue weighted by molar-refractivity contribution is 5.97. The fourth-order valence-corrected chi connectivity index (χ4v) is 3.16. The molecule has 0 bridgehead atoms. The van der Waals surface area contributed by atoms with E-state index in [1.165, 1.54) is 11.1 Å². The number of ether oxygens (including phenoxy) is 1. The molecule has 0 atom stereocenters. The second-order valence-corrected chi connectivity index (χ2v) is 6.48. The molecule has 2 aromatic carbocycles. The molecule has 2 aromatic rings. The number of hydrogen-bond donors (Lipinski definition) is 0. The Morgan fingerprint density at radius 2 is 1.68 bits per heavy atom. The Morgan fingerprint density at radius 1 is 1.00 bits per heavy atom. The first-order valence-electron chi connectivity index (χ1n) is 8.96. The molecule has 1 fully saturated rings. The topological polar surface area (TPSA) is 32.8 Å². The van der Waals surface area contributed by atoms with E-state index in [1.54, 1.807) is 0 Å². The van der Waals surface area contributed by atoms with Gasteiger partial charge in [0.2, 0.25) is 0 Å². The summed E-state index contributed by atoms with van der Waals surface area (Å²) in [6, 6.07) is 16.2. The van der Waals surface area contributed by atoms with Gasteiger partial charge in [0.05, 0.1) is 12.2 Å². The highest BCUT2D eigenvalue weighted by Gasteiger charge is 2.24. The Hall–Kier alpha value is -2.33. The number of carbonyl (C=O) groups excluding carboxylic acids is 1. The van der Waals surface area contributed by atoms with Gasteiger partial charge in [0.25, 0.3) is 5.91 Å². The van der Waals surface area contributed by atoms with Gasteiger partial charge in [-0.3, -0.25) is 9.69 Å². The zero-order valence-electron chi connectivity index (χ0n) is 15.1. The van der Waals surface area contributed by atoms with Crippen LogP contribution in [0.4, 0.5) is 0 Å². The SMILES string of the molecule is CCOc1ccccc1C(=O)N1CCN(Cc2ccc(C)cc2)CC1. The van der Waals surface area contributed by atoms with Crippen LogP contribution in [-0.4, -0.2) is 48.5 Å². The van der Waals surface area contributed by atoms with E-state index >= 15 is 0 Å². The smallest absolute Gasteiger partial charge is 0.257 e. The predicted octanol–water partition coefficient (Wildman–Crippen LogP) is 3.35. The van der Waals surface area contributed by atoms with E-state index in [9.17, 15) is 4.79 Å². The van der Waals surface area contributed by atoms with Crippen LogP contribution in [0.25, 0.3) is 0 Å². The largest absolute Gasteiger partial charge is 0.493 e. The van der Waals surface area contributed by atoms with Gasteiger partial charge in [-0.15, -0.1) is 0 Å². The van der Waals surface area contributed by atoms with Crippen molar-refractivity contribution in [2.75, 3.05) is 32.8 Å². The van der Waals surface area contributed by atoms with E-state index in [2.05, 4.69) is 36.1 Å². The molecule has 0 N–H and O–H groups in total. The van der Waals surface area contributed by atoms with Gasteiger partial charge < -0.3 is 9.64 Å². The van der Waals surface area contributed by atoms with Crippen LogP contribution < -0.4 is 4.74 Å². The fraction of sp³-hybridized carbons (Fsp3) is 0.381. The van der Waals surface area contributed by atoms with Gasteiger partial charge in [-0.2, -0.15) is 0 Å². The monoisotopic (exact) mass is 338 g/mol. The number of hydrogen-bond acceptors (Lipinski definition) is 3. The summed E-state index contributed by atoms with van der Waals surface area (Å²) in [6.45, 7) is 8.86. The van der Waals surface area contributed by atoms with E-state index in [4.69, 9.17) is 4.74 Å². The average molecular weight is 338 g/mol. The lowest BCUT2D eigenvalue weighted by Crippen LogP contribution is -2.48. The molecule has 132 valence electrons. The van der Waals surface area contributed by atoms with Crippen LogP contribution in [0.15, 0.2) is 48.5 Å². The van der Waals surface area contributed by atoms with Crippen LogP contribution in [0.3, 0.4) is 0 Å². The second kappa shape index (κ2) is 8.17. The van der Waals surface area contributed by atoms with Gasteiger partial charge in [-0.1, -0.05) is 42.0 Å². The molecule has 0 aromatic heterocycles. The van der Waals surface area contributed by atoms with Gasteiger partial charge >= 0.3 is 0 Å². The molecule has 0 radical (unpaired) electrons. The lowest BCUT2D eigenvalue weighted by atomic mass is 10.1. The van der Waals surface area contributed by atoms with Crippen molar-refractivity contribution < 1.29 is 9.53 Å². The summed E-state index contributed by atoms with van der Waals surface area (Å²) in [4.78, 5) is 17.2. The maximum atomic E-state index is 12.8. The predicted molar refractivity (Wildman–Crippen MR) is 100.0 cm³/mol. The molecular weight excluding hydrogens is 312 g/mol. The van der Waals surface area contributed by atoms with Crippen molar-refractivity contribution in [3.63, 3.8) is 0 Å². The third kappa shape index (κ3) is 4.40. The van der Waals surface area contributed by atoms with E-state index in [1.807, 2.05) is 36.1 Å². The molecule has 0 aliphatic carbocycles. The summed E-state index contributed by atoms with van der Waals surface area (Å²) in [7, 11) is 0. The third-order valence-electron chi connectivity index (χ3n) is 4.60. The number of aryl methyl sites for hydroxylation is 1. The van der Waals surface area contributed by atoms with Crippen LogP contribution in [0, 0.1) is 6.92 Å². The van der Waals surface area contributed by atoms with Crippen molar-refractivity contribution >= 4 is 5.91 Å². The minimum Gasteiger partial charge on any atom is -0.493 e. The van der Waals surface area contributed by atoms with Gasteiger partial charge in [-0.05, 0) is 31.5 Å². The highest BCUT2D eigenvalue weighted by atomic mass is 16.5. The Bertz CT molecular complexity index is 704. The molecule has 1 saturated heterocycles. The first kappa shape index (κ1) is 17.5. The number of rotatable bonds is 5. The molecule has 25 heavy (non-hydrogen) atoms. The maximum absolute atomic E-state index is 12.8.